The predicted octanol–water partition coefficient (Wildman–Crippen LogP) is 4.24. The minimum absolute atomic E-state index is 0.0857. The summed E-state index contributed by atoms with van der Waals surface area (Å²) in [5.41, 5.74) is 6.02. The highest BCUT2D eigenvalue weighted by atomic mass is 16.2. The van der Waals surface area contributed by atoms with Gasteiger partial charge in [-0.2, -0.15) is 5.10 Å². The number of carbonyl (C=O) groups is 1. The van der Waals surface area contributed by atoms with Crippen molar-refractivity contribution in [2.24, 2.45) is 0 Å². The average molecular weight is 384 g/mol. The maximum absolute atomic E-state index is 13.3. The Labute approximate surface area is 170 Å². The van der Waals surface area contributed by atoms with E-state index in [0.29, 0.717) is 13.0 Å². The van der Waals surface area contributed by atoms with E-state index in [4.69, 9.17) is 0 Å². The fraction of sp³-hybridized carbons (Fsp3) is 0.250. The Morgan fingerprint density at radius 1 is 1.14 bits per heavy atom. The number of para-hydroxylation sites is 1. The van der Waals surface area contributed by atoms with Crippen molar-refractivity contribution in [3.05, 3.63) is 89.4 Å². The minimum Gasteiger partial charge on any atom is -0.356 e. The van der Waals surface area contributed by atoms with Gasteiger partial charge in [-0.05, 0) is 42.2 Å². The first-order chi connectivity index (χ1) is 14.2. The second-order valence-electron chi connectivity index (χ2n) is 7.68. The van der Waals surface area contributed by atoms with Crippen molar-refractivity contribution < 1.29 is 4.79 Å². The van der Waals surface area contributed by atoms with Crippen LogP contribution < -0.4 is 0 Å². The molecular weight excluding hydrogens is 360 g/mol. The SMILES string of the molecule is Cc1ccccc1C1c2[nH]c3ccccc3c2CCN1C(=O)CCn1cccn1. The van der Waals surface area contributed by atoms with Crippen LogP contribution in [0.2, 0.25) is 0 Å². The highest BCUT2D eigenvalue weighted by molar-refractivity contribution is 5.86. The second-order valence-corrected chi connectivity index (χ2v) is 7.68. The van der Waals surface area contributed by atoms with E-state index in [-0.39, 0.29) is 11.9 Å². The molecule has 2 aromatic heterocycles. The van der Waals surface area contributed by atoms with E-state index >= 15 is 0 Å². The van der Waals surface area contributed by atoms with Crippen LogP contribution in [0.4, 0.5) is 0 Å². The Morgan fingerprint density at radius 3 is 2.79 bits per heavy atom. The van der Waals surface area contributed by atoms with Gasteiger partial charge < -0.3 is 9.88 Å². The van der Waals surface area contributed by atoms with Crippen molar-refractivity contribution >= 4 is 16.8 Å². The Kier molecular flexibility index (Phi) is 4.43. The smallest absolute Gasteiger partial charge is 0.225 e. The molecule has 5 heteroatoms. The van der Waals surface area contributed by atoms with Crippen LogP contribution in [0, 0.1) is 6.92 Å². The van der Waals surface area contributed by atoms with Gasteiger partial charge in [0, 0.05) is 48.5 Å². The molecule has 1 aliphatic heterocycles. The molecule has 3 heterocycles. The van der Waals surface area contributed by atoms with Crippen molar-refractivity contribution in [3.8, 4) is 0 Å². The highest BCUT2D eigenvalue weighted by Crippen LogP contribution is 2.39. The highest BCUT2D eigenvalue weighted by Gasteiger charge is 2.34. The van der Waals surface area contributed by atoms with Crippen LogP contribution in [0.3, 0.4) is 0 Å². The zero-order valence-electron chi connectivity index (χ0n) is 16.5. The van der Waals surface area contributed by atoms with E-state index in [9.17, 15) is 4.79 Å². The van der Waals surface area contributed by atoms with Gasteiger partial charge in [-0.25, -0.2) is 0 Å². The van der Waals surface area contributed by atoms with Gasteiger partial charge in [-0.15, -0.1) is 0 Å². The zero-order chi connectivity index (χ0) is 19.8. The van der Waals surface area contributed by atoms with Crippen LogP contribution in [-0.2, 0) is 17.8 Å². The minimum atomic E-state index is -0.0857. The molecule has 2 aromatic carbocycles. The van der Waals surface area contributed by atoms with E-state index in [0.717, 1.165) is 24.2 Å². The average Bonchev–Trinajstić information content (AvgIpc) is 3.39. The molecule has 1 unspecified atom stereocenters. The number of hydrogen-bond acceptors (Lipinski definition) is 2. The molecule has 5 nitrogen and oxygen atoms in total. The van der Waals surface area contributed by atoms with Gasteiger partial charge in [0.1, 0.15) is 0 Å². The summed E-state index contributed by atoms with van der Waals surface area (Å²) < 4.78 is 1.82. The molecule has 5 rings (SSSR count). The lowest BCUT2D eigenvalue weighted by molar-refractivity contribution is -0.133. The number of H-pyrrole nitrogens is 1. The van der Waals surface area contributed by atoms with Crippen molar-refractivity contribution in [1.29, 1.82) is 0 Å². The van der Waals surface area contributed by atoms with Gasteiger partial charge in [0.2, 0.25) is 5.91 Å². The molecule has 4 aromatic rings. The maximum Gasteiger partial charge on any atom is 0.225 e. The first kappa shape index (κ1) is 17.7. The molecule has 0 aliphatic carbocycles. The van der Waals surface area contributed by atoms with Crippen LogP contribution in [0.1, 0.15) is 34.8 Å². The zero-order valence-corrected chi connectivity index (χ0v) is 16.5. The molecule has 0 saturated carbocycles. The molecule has 1 N–H and O–H groups in total. The van der Waals surface area contributed by atoms with E-state index in [1.807, 2.05) is 21.8 Å². The monoisotopic (exact) mass is 384 g/mol. The van der Waals surface area contributed by atoms with Crippen molar-refractivity contribution in [1.82, 2.24) is 19.7 Å². The van der Waals surface area contributed by atoms with Gasteiger partial charge in [0.15, 0.2) is 0 Å². The van der Waals surface area contributed by atoms with Crippen LogP contribution >= 0.6 is 0 Å². The fourth-order valence-electron chi connectivity index (χ4n) is 4.51. The van der Waals surface area contributed by atoms with Crippen molar-refractivity contribution in [2.45, 2.75) is 32.4 Å². The molecule has 1 atom stereocenters. The van der Waals surface area contributed by atoms with Gasteiger partial charge in [-0.3, -0.25) is 9.48 Å². The summed E-state index contributed by atoms with van der Waals surface area (Å²) >= 11 is 0. The third kappa shape index (κ3) is 3.12. The molecule has 0 radical (unpaired) electrons. The molecule has 0 fully saturated rings. The number of nitrogens with one attached hydrogen (secondary N) is 1. The normalized spacial score (nSPS) is 16.2. The number of aryl methyl sites for hydroxylation is 2. The van der Waals surface area contributed by atoms with E-state index < -0.39 is 0 Å². The Morgan fingerprint density at radius 2 is 1.97 bits per heavy atom. The van der Waals surface area contributed by atoms with Crippen LogP contribution in [0.15, 0.2) is 67.0 Å². The number of fused-ring (bicyclic) bond motifs is 3. The predicted molar refractivity (Wildman–Crippen MR) is 114 cm³/mol. The fourth-order valence-corrected chi connectivity index (χ4v) is 4.51. The quantitative estimate of drug-likeness (QED) is 0.572. The summed E-state index contributed by atoms with van der Waals surface area (Å²) in [5, 5.41) is 5.50. The molecular formula is C24H24N4O. The summed E-state index contributed by atoms with van der Waals surface area (Å²) in [6.07, 6.45) is 4.96. The summed E-state index contributed by atoms with van der Waals surface area (Å²) in [6.45, 7) is 3.45. The number of rotatable bonds is 4. The third-order valence-electron chi connectivity index (χ3n) is 5.95. The summed E-state index contributed by atoms with van der Waals surface area (Å²) in [5.74, 6) is 0.165. The van der Waals surface area contributed by atoms with Crippen LogP contribution in [0.5, 0.6) is 0 Å². The number of carbonyl (C=O) groups excluding carboxylic acids is 1. The number of nitrogens with zero attached hydrogens (tertiary/aromatic N) is 3. The van der Waals surface area contributed by atoms with Crippen molar-refractivity contribution in [3.63, 3.8) is 0 Å². The number of benzene rings is 2. The molecule has 0 spiro atoms. The lowest BCUT2D eigenvalue weighted by Crippen LogP contribution is -2.41. The lowest BCUT2D eigenvalue weighted by atomic mass is 9.90. The molecule has 0 bridgehead atoms. The van der Waals surface area contributed by atoms with Crippen LogP contribution in [-0.4, -0.2) is 32.1 Å². The maximum atomic E-state index is 13.3. The number of hydrogen-bond donors (Lipinski definition) is 1. The summed E-state index contributed by atoms with van der Waals surface area (Å²) in [7, 11) is 0. The molecule has 1 aliphatic rings. The summed E-state index contributed by atoms with van der Waals surface area (Å²) in [6, 6.07) is 18.6. The third-order valence-corrected chi connectivity index (χ3v) is 5.95. The standard InChI is InChI=1S/C24H24N4O/c1-17-7-2-3-8-18(17)24-23-20(19-9-4-5-10-21(19)26-23)11-16-28(24)22(29)12-15-27-14-6-13-25-27/h2-10,13-14,24,26H,11-12,15-16H2,1H3. The van der Waals surface area contributed by atoms with Gasteiger partial charge in [0.05, 0.1) is 6.04 Å². The topological polar surface area (TPSA) is 53.9 Å². The Balaban J connectivity index is 1.56. The molecule has 29 heavy (non-hydrogen) atoms. The first-order valence-electron chi connectivity index (χ1n) is 10.1. The van der Waals surface area contributed by atoms with Gasteiger partial charge in [0.25, 0.3) is 0 Å². The summed E-state index contributed by atoms with van der Waals surface area (Å²) in [4.78, 5) is 19.0. The number of aromatic nitrogens is 3. The van der Waals surface area contributed by atoms with Crippen LogP contribution in [0.25, 0.3) is 10.9 Å². The molecule has 146 valence electrons. The van der Waals surface area contributed by atoms with E-state index in [1.165, 1.54) is 22.1 Å². The van der Waals surface area contributed by atoms with E-state index in [2.05, 4.69) is 65.5 Å². The molecule has 0 saturated heterocycles. The van der Waals surface area contributed by atoms with Crippen molar-refractivity contribution in [2.75, 3.05) is 6.54 Å². The van der Waals surface area contributed by atoms with Gasteiger partial charge in [-0.1, -0.05) is 42.5 Å². The molecule has 1 amide bonds. The second kappa shape index (κ2) is 7.24. The van der Waals surface area contributed by atoms with E-state index in [1.54, 1.807) is 6.20 Å². The number of aromatic amines is 1. The largest absolute Gasteiger partial charge is 0.356 e. The Hall–Kier alpha value is -3.34. The lowest BCUT2D eigenvalue weighted by Gasteiger charge is -2.37. The first-order valence-corrected chi connectivity index (χ1v) is 10.1. The Bertz CT molecular complexity index is 1160. The number of amides is 1. The van der Waals surface area contributed by atoms with Gasteiger partial charge >= 0.3 is 0 Å².